The van der Waals surface area contributed by atoms with Crippen molar-refractivity contribution < 1.29 is 27.1 Å². The maximum absolute atomic E-state index is 14.6. The average molecular weight is 535 g/mol. The Kier molecular flexibility index (Phi) is 7.64. The maximum Gasteiger partial charge on any atom is 0.410 e. The molecule has 2 unspecified atom stereocenters. The molecule has 2 atom stereocenters. The lowest BCUT2D eigenvalue weighted by Gasteiger charge is -2.48. The minimum Gasteiger partial charge on any atom is -0.474 e. The third kappa shape index (κ3) is 6.14. The molecule has 1 amide bonds. The molecule has 2 bridgehead atoms. The van der Waals surface area contributed by atoms with Crippen molar-refractivity contribution in [2.24, 2.45) is 0 Å². The van der Waals surface area contributed by atoms with E-state index in [4.69, 9.17) is 9.47 Å². The van der Waals surface area contributed by atoms with Gasteiger partial charge in [0.25, 0.3) is 0 Å². The second-order valence-electron chi connectivity index (χ2n) is 10.5. The average Bonchev–Trinajstić information content (AvgIpc) is 2.81. The van der Waals surface area contributed by atoms with E-state index in [2.05, 4.69) is 15.3 Å². The van der Waals surface area contributed by atoms with Crippen LogP contribution in [0.3, 0.4) is 0 Å². The molecule has 37 heavy (non-hydrogen) atoms. The standard InChI is InChI=1S/C26H35FN4O5S/c1-6-26(3,4)36-25(32)31-17-8-7-9-18(31)13-19(12-17)35-24-16(2)23(28-15-29-24)30-22-11-10-20(14-21(22)27)37(5,33)34/h10-11,14-15,17-19H,6-9,12-13H2,1-5H3,(H,28,29,30). The predicted molar refractivity (Wildman–Crippen MR) is 137 cm³/mol. The molecule has 2 aliphatic heterocycles. The van der Waals surface area contributed by atoms with Crippen LogP contribution < -0.4 is 10.1 Å². The van der Waals surface area contributed by atoms with Gasteiger partial charge in [0.05, 0.1) is 16.1 Å². The zero-order chi connectivity index (χ0) is 27.0. The number of hydrogen-bond acceptors (Lipinski definition) is 8. The number of piperidine rings is 2. The van der Waals surface area contributed by atoms with E-state index in [9.17, 15) is 17.6 Å². The SMILES string of the molecule is CCC(C)(C)OC(=O)N1C2CCCC1CC(Oc1ncnc(Nc3ccc(S(C)(=O)=O)cc3F)c1C)C2. The van der Waals surface area contributed by atoms with Gasteiger partial charge in [-0.2, -0.15) is 0 Å². The van der Waals surface area contributed by atoms with E-state index in [1.165, 1.54) is 18.5 Å². The van der Waals surface area contributed by atoms with Crippen LogP contribution in [0.15, 0.2) is 29.4 Å². The second kappa shape index (κ2) is 10.4. The molecule has 202 valence electrons. The highest BCUT2D eigenvalue weighted by Gasteiger charge is 2.43. The number of ether oxygens (including phenoxy) is 2. The van der Waals surface area contributed by atoms with Crippen molar-refractivity contribution >= 4 is 27.4 Å². The van der Waals surface area contributed by atoms with Crippen LogP contribution in [0.25, 0.3) is 0 Å². The maximum atomic E-state index is 14.6. The van der Waals surface area contributed by atoms with Crippen LogP contribution in [-0.2, 0) is 14.6 Å². The van der Waals surface area contributed by atoms with Crippen molar-refractivity contribution in [3.63, 3.8) is 0 Å². The first kappa shape index (κ1) is 27.1. The Morgan fingerprint density at radius 3 is 2.49 bits per heavy atom. The molecule has 2 aliphatic rings. The molecule has 9 nitrogen and oxygen atoms in total. The van der Waals surface area contributed by atoms with Crippen molar-refractivity contribution in [2.75, 3.05) is 11.6 Å². The van der Waals surface area contributed by atoms with E-state index in [0.717, 1.165) is 38.0 Å². The minimum atomic E-state index is -3.52. The van der Waals surface area contributed by atoms with Crippen molar-refractivity contribution in [2.45, 2.75) is 94.9 Å². The van der Waals surface area contributed by atoms with E-state index in [0.29, 0.717) is 30.1 Å². The molecule has 0 radical (unpaired) electrons. The summed E-state index contributed by atoms with van der Waals surface area (Å²) in [6, 6.07) is 3.77. The number of hydrogen-bond donors (Lipinski definition) is 1. The monoisotopic (exact) mass is 534 g/mol. The summed E-state index contributed by atoms with van der Waals surface area (Å²) in [5.74, 6) is 0.0395. The zero-order valence-electron chi connectivity index (χ0n) is 22.0. The Labute approximate surface area is 217 Å². The van der Waals surface area contributed by atoms with E-state index >= 15 is 0 Å². The molecular weight excluding hydrogens is 499 g/mol. The summed E-state index contributed by atoms with van der Waals surface area (Å²) >= 11 is 0. The number of carbonyl (C=O) groups is 1. The van der Waals surface area contributed by atoms with Crippen LogP contribution in [-0.4, -0.2) is 59.4 Å². The number of nitrogens with zero attached hydrogens (tertiary/aromatic N) is 3. The molecule has 1 N–H and O–H groups in total. The molecular formula is C26H35FN4O5S. The first-order valence-electron chi connectivity index (χ1n) is 12.6. The number of aromatic nitrogens is 2. The van der Waals surface area contributed by atoms with E-state index in [1.54, 1.807) is 6.92 Å². The number of nitrogens with one attached hydrogen (secondary N) is 1. The number of rotatable bonds is 7. The molecule has 11 heteroatoms. The van der Waals surface area contributed by atoms with Gasteiger partial charge < -0.3 is 19.7 Å². The zero-order valence-corrected chi connectivity index (χ0v) is 22.8. The van der Waals surface area contributed by atoms with Crippen molar-refractivity contribution in [3.8, 4) is 5.88 Å². The van der Waals surface area contributed by atoms with Crippen LogP contribution in [0.1, 0.15) is 64.9 Å². The summed E-state index contributed by atoms with van der Waals surface area (Å²) in [7, 11) is -3.52. The van der Waals surface area contributed by atoms with Gasteiger partial charge in [0.15, 0.2) is 9.84 Å². The first-order valence-corrected chi connectivity index (χ1v) is 14.5. The van der Waals surface area contributed by atoms with Gasteiger partial charge in [-0.1, -0.05) is 6.92 Å². The van der Waals surface area contributed by atoms with Gasteiger partial charge in [-0.3, -0.25) is 0 Å². The molecule has 2 saturated heterocycles. The van der Waals surface area contributed by atoms with Crippen LogP contribution >= 0.6 is 0 Å². The van der Waals surface area contributed by atoms with Crippen LogP contribution in [0, 0.1) is 12.7 Å². The summed E-state index contributed by atoms with van der Waals surface area (Å²) in [5, 5.41) is 2.92. The number of fused-ring (bicyclic) bond motifs is 2. The number of anilines is 2. The number of amides is 1. The third-order valence-corrected chi connectivity index (χ3v) is 8.41. The lowest BCUT2D eigenvalue weighted by Crippen LogP contribution is -2.57. The molecule has 0 saturated carbocycles. The highest BCUT2D eigenvalue weighted by atomic mass is 32.2. The first-order chi connectivity index (χ1) is 17.4. The fourth-order valence-electron chi connectivity index (χ4n) is 4.88. The second-order valence-corrected chi connectivity index (χ2v) is 12.5. The Hall–Kier alpha value is -2.95. The van der Waals surface area contributed by atoms with Gasteiger partial charge in [0, 0.05) is 31.2 Å². The lowest BCUT2D eigenvalue weighted by molar-refractivity contribution is -0.0466. The number of sulfone groups is 1. The van der Waals surface area contributed by atoms with Crippen LogP contribution in [0.2, 0.25) is 0 Å². The molecule has 2 fully saturated rings. The van der Waals surface area contributed by atoms with Crippen molar-refractivity contribution in [1.82, 2.24) is 14.9 Å². The Morgan fingerprint density at radius 2 is 1.89 bits per heavy atom. The number of carbonyl (C=O) groups excluding carboxylic acids is 1. The Morgan fingerprint density at radius 1 is 1.22 bits per heavy atom. The molecule has 1 aromatic heterocycles. The largest absolute Gasteiger partial charge is 0.474 e. The van der Waals surface area contributed by atoms with Crippen LogP contribution in [0.5, 0.6) is 5.88 Å². The summed E-state index contributed by atoms with van der Waals surface area (Å²) in [6.07, 6.45) is 6.92. The highest BCUT2D eigenvalue weighted by Crippen LogP contribution is 2.37. The van der Waals surface area contributed by atoms with Crippen LogP contribution in [0.4, 0.5) is 20.7 Å². The molecule has 2 aromatic rings. The fraction of sp³-hybridized carbons (Fsp3) is 0.577. The Balaban J connectivity index is 1.47. The summed E-state index contributed by atoms with van der Waals surface area (Å²) < 4.78 is 50.1. The number of halogens is 1. The van der Waals surface area contributed by atoms with Gasteiger partial charge in [-0.05, 0) is 64.7 Å². The van der Waals surface area contributed by atoms with Gasteiger partial charge in [0.1, 0.15) is 29.7 Å². The lowest BCUT2D eigenvalue weighted by atomic mass is 9.83. The fourth-order valence-corrected chi connectivity index (χ4v) is 5.51. The Bertz CT molecular complexity index is 1260. The van der Waals surface area contributed by atoms with Gasteiger partial charge in [-0.15, -0.1) is 0 Å². The molecule has 1 aromatic carbocycles. The molecule has 4 rings (SSSR count). The van der Waals surface area contributed by atoms with Gasteiger partial charge in [0.2, 0.25) is 5.88 Å². The topological polar surface area (TPSA) is 111 Å². The van der Waals surface area contributed by atoms with E-state index in [-0.39, 0.29) is 34.9 Å². The number of benzene rings is 1. The van der Waals surface area contributed by atoms with Crippen molar-refractivity contribution in [3.05, 3.63) is 35.9 Å². The quantitative estimate of drug-likeness (QED) is 0.519. The normalized spacial score (nSPS) is 21.9. The summed E-state index contributed by atoms with van der Waals surface area (Å²) in [6.45, 7) is 7.62. The third-order valence-electron chi connectivity index (χ3n) is 7.30. The van der Waals surface area contributed by atoms with Crippen molar-refractivity contribution in [1.29, 1.82) is 0 Å². The summed E-state index contributed by atoms with van der Waals surface area (Å²) in [5.41, 5.74) is 0.187. The summed E-state index contributed by atoms with van der Waals surface area (Å²) in [4.78, 5) is 23.3. The van der Waals surface area contributed by atoms with E-state index < -0.39 is 21.3 Å². The smallest absolute Gasteiger partial charge is 0.410 e. The molecule has 0 aliphatic carbocycles. The predicted octanol–water partition coefficient (Wildman–Crippen LogP) is 5.16. The minimum absolute atomic E-state index is 0.0415. The van der Waals surface area contributed by atoms with Gasteiger partial charge in [-0.25, -0.2) is 27.6 Å². The van der Waals surface area contributed by atoms with E-state index in [1.807, 2.05) is 25.7 Å². The molecule has 0 spiro atoms. The van der Waals surface area contributed by atoms with Gasteiger partial charge >= 0.3 is 6.09 Å². The molecule has 3 heterocycles. The highest BCUT2D eigenvalue weighted by molar-refractivity contribution is 7.90.